The standard InChI is InChI=1S/C8H9BN2O2/c1-2-6-10(5-1)12-9-13-11-7-3-4-8-11/h1-9H. The molecule has 66 valence electrons. The Morgan fingerprint density at radius 3 is 1.46 bits per heavy atom. The molecular formula is C8H9BN2O2. The number of rotatable bonds is 4. The minimum atomic E-state index is 0.184. The van der Waals surface area contributed by atoms with E-state index in [0.29, 0.717) is 0 Å². The van der Waals surface area contributed by atoms with Gasteiger partial charge in [0.2, 0.25) is 0 Å². The number of hydrogen-bond donors (Lipinski definition) is 0. The number of nitrogens with zero attached hydrogens (tertiary/aromatic N) is 2. The smallest absolute Gasteiger partial charge is 0.437 e. The van der Waals surface area contributed by atoms with Crippen molar-refractivity contribution in [1.82, 2.24) is 9.46 Å². The predicted molar refractivity (Wildman–Crippen MR) is 49.2 cm³/mol. The van der Waals surface area contributed by atoms with E-state index in [1.807, 2.05) is 24.3 Å². The highest BCUT2D eigenvalue weighted by Gasteiger charge is 1.95. The summed E-state index contributed by atoms with van der Waals surface area (Å²) in [7, 11) is 0.184. The third-order valence-electron chi connectivity index (χ3n) is 1.56. The Kier molecular flexibility index (Phi) is 2.27. The van der Waals surface area contributed by atoms with Crippen molar-refractivity contribution >= 4 is 7.69 Å². The number of aromatic nitrogens is 2. The summed E-state index contributed by atoms with van der Waals surface area (Å²) in [6.07, 6.45) is 7.22. The summed E-state index contributed by atoms with van der Waals surface area (Å²) in [4.78, 5) is 0. The summed E-state index contributed by atoms with van der Waals surface area (Å²) in [5, 5.41) is 0. The lowest BCUT2D eigenvalue weighted by Gasteiger charge is -2.06. The minimum Gasteiger partial charge on any atom is -0.437 e. The first-order chi connectivity index (χ1) is 6.45. The van der Waals surface area contributed by atoms with Crippen molar-refractivity contribution in [2.75, 3.05) is 0 Å². The topological polar surface area (TPSA) is 28.3 Å². The molecule has 2 aromatic rings. The Morgan fingerprint density at radius 1 is 0.692 bits per heavy atom. The molecule has 0 aliphatic carbocycles. The van der Waals surface area contributed by atoms with Crippen LogP contribution >= 0.6 is 0 Å². The molecule has 2 aromatic heterocycles. The van der Waals surface area contributed by atoms with E-state index in [9.17, 15) is 0 Å². The first-order valence-electron chi connectivity index (χ1n) is 3.98. The van der Waals surface area contributed by atoms with E-state index in [4.69, 9.17) is 9.51 Å². The molecule has 0 radical (unpaired) electrons. The molecule has 0 atom stereocenters. The van der Waals surface area contributed by atoms with Crippen molar-refractivity contribution in [2.24, 2.45) is 0 Å². The van der Waals surface area contributed by atoms with Crippen LogP contribution in [0.1, 0.15) is 0 Å². The van der Waals surface area contributed by atoms with Crippen LogP contribution < -0.4 is 9.51 Å². The molecule has 2 rings (SSSR count). The monoisotopic (exact) mass is 176 g/mol. The second kappa shape index (κ2) is 3.75. The molecule has 0 bridgehead atoms. The van der Waals surface area contributed by atoms with Gasteiger partial charge >= 0.3 is 7.69 Å². The molecule has 0 N–H and O–H groups in total. The van der Waals surface area contributed by atoms with Crippen LogP contribution in [0.3, 0.4) is 0 Å². The Morgan fingerprint density at radius 2 is 1.08 bits per heavy atom. The SMILES string of the molecule is B(On1cccc1)On1cccc1. The van der Waals surface area contributed by atoms with Gasteiger partial charge in [-0.3, -0.25) is 0 Å². The molecule has 0 aliphatic heterocycles. The third kappa shape index (κ3) is 2.08. The minimum absolute atomic E-state index is 0.184. The molecule has 5 heteroatoms. The van der Waals surface area contributed by atoms with Crippen LogP contribution in [0, 0.1) is 0 Å². The van der Waals surface area contributed by atoms with Gasteiger partial charge in [0.15, 0.2) is 0 Å². The zero-order valence-electron chi connectivity index (χ0n) is 7.04. The highest BCUT2D eigenvalue weighted by Crippen LogP contribution is 1.86. The Bertz CT molecular complexity index is 297. The van der Waals surface area contributed by atoms with E-state index in [-0.39, 0.29) is 7.69 Å². The maximum atomic E-state index is 5.19. The van der Waals surface area contributed by atoms with Gasteiger partial charge in [0, 0.05) is 24.8 Å². The van der Waals surface area contributed by atoms with E-state index in [0.717, 1.165) is 0 Å². The quantitative estimate of drug-likeness (QED) is 0.618. The Labute approximate surface area is 76.5 Å². The van der Waals surface area contributed by atoms with E-state index in [1.165, 1.54) is 0 Å². The van der Waals surface area contributed by atoms with Crippen molar-refractivity contribution in [3.8, 4) is 0 Å². The molecule has 4 nitrogen and oxygen atoms in total. The average Bonchev–Trinajstić information content (AvgIpc) is 2.75. The van der Waals surface area contributed by atoms with Crippen LogP contribution in [-0.4, -0.2) is 17.1 Å². The van der Waals surface area contributed by atoms with E-state index >= 15 is 0 Å². The highest BCUT2D eigenvalue weighted by atomic mass is 16.7. The van der Waals surface area contributed by atoms with Crippen LogP contribution in [-0.2, 0) is 0 Å². The zero-order chi connectivity index (χ0) is 8.93. The van der Waals surface area contributed by atoms with Crippen molar-refractivity contribution < 1.29 is 9.51 Å². The summed E-state index contributed by atoms with van der Waals surface area (Å²) in [6, 6.07) is 7.54. The highest BCUT2D eigenvalue weighted by molar-refractivity contribution is 6.18. The molecule has 0 fully saturated rings. The fraction of sp³-hybridized carbons (Fsp3) is 0. The van der Waals surface area contributed by atoms with Crippen LogP contribution in [0.4, 0.5) is 0 Å². The summed E-state index contributed by atoms with van der Waals surface area (Å²) < 4.78 is 13.6. The third-order valence-corrected chi connectivity index (χ3v) is 1.56. The molecule has 13 heavy (non-hydrogen) atoms. The molecule has 0 spiro atoms. The second-order valence-electron chi connectivity index (χ2n) is 2.46. The van der Waals surface area contributed by atoms with Gasteiger partial charge in [0.25, 0.3) is 0 Å². The van der Waals surface area contributed by atoms with Crippen LogP contribution in [0.15, 0.2) is 49.1 Å². The Hall–Kier alpha value is -1.78. The van der Waals surface area contributed by atoms with Crippen LogP contribution in [0.2, 0.25) is 0 Å². The summed E-state index contributed by atoms with van der Waals surface area (Å²) in [5.74, 6) is 0. The van der Waals surface area contributed by atoms with Gasteiger partial charge in [-0.2, -0.15) is 0 Å². The molecule has 2 heterocycles. The summed E-state index contributed by atoms with van der Waals surface area (Å²) >= 11 is 0. The molecular weight excluding hydrogens is 167 g/mol. The van der Waals surface area contributed by atoms with Crippen molar-refractivity contribution in [3.05, 3.63) is 49.1 Å². The summed E-state index contributed by atoms with van der Waals surface area (Å²) in [5.41, 5.74) is 0. The van der Waals surface area contributed by atoms with Gasteiger partial charge in [-0.05, 0) is 24.3 Å². The lowest BCUT2D eigenvalue weighted by Crippen LogP contribution is -2.25. The van der Waals surface area contributed by atoms with Gasteiger partial charge in [0.1, 0.15) is 0 Å². The van der Waals surface area contributed by atoms with Gasteiger partial charge < -0.3 is 9.51 Å². The Balaban J connectivity index is 1.76. The van der Waals surface area contributed by atoms with Gasteiger partial charge in [-0.1, -0.05) is 0 Å². The maximum Gasteiger partial charge on any atom is 0.617 e. The first-order valence-corrected chi connectivity index (χ1v) is 3.98. The van der Waals surface area contributed by atoms with Crippen molar-refractivity contribution in [2.45, 2.75) is 0 Å². The fourth-order valence-electron chi connectivity index (χ4n) is 0.955. The van der Waals surface area contributed by atoms with Gasteiger partial charge in [-0.15, -0.1) is 0 Å². The lowest BCUT2D eigenvalue weighted by molar-refractivity contribution is 0.187. The predicted octanol–water partition coefficient (Wildman–Crippen LogP) is 0.113. The fourth-order valence-corrected chi connectivity index (χ4v) is 0.955. The summed E-state index contributed by atoms with van der Waals surface area (Å²) in [6.45, 7) is 0. The van der Waals surface area contributed by atoms with E-state index in [2.05, 4.69) is 0 Å². The maximum absolute atomic E-state index is 5.19. The zero-order valence-corrected chi connectivity index (χ0v) is 7.04. The van der Waals surface area contributed by atoms with Crippen molar-refractivity contribution in [3.63, 3.8) is 0 Å². The number of hydrogen-bond acceptors (Lipinski definition) is 2. The molecule has 0 aliphatic rings. The van der Waals surface area contributed by atoms with Crippen molar-refractivity contribution in [1.29, 1.82) is 0 Å². The van der Waals surface area contributed by atoms with Gasteiger partial charge in [0.05, 0.1) is 0 Å². The second-order valence-corrected chi connectivity index (χ2v) is 2.46. The molecule has 0 unspecified atom stereocenters. The van der Waals surface area contributed by atoms with Gasteiger partial charge in [-0.25, -0.2) is 9.46 Å². The normalized spacial score (nSPS) is 9.54. The largest absolute Gasteiger partial charge is 0.617 e. The van der Waals surface area contributed by atoms with E-state index < -0.39 is 0 Å². The molecule has 0 saturated carbocycles. The lowest BCUT2D eigenvalue weighted by atomic mass is 10.4. The van der Waals surface area contributed by atoms with Crippen LogP contribution in [0.5, 0.6) is 0 Å². The van der Waals surface area contributed by atoms with E-state index in [1.54, 1.807) is 34.2 Å². The average molecular weight is 176 g/mol. The molecule has 0 amide bonds. The van der Waals surface area contributed by atoms with Crippen LogP contribution in [0.25, 0.3) is 0 Å². The first kappa shape index (κ1) is 7.85. The molecule has 0 aromatic carbocycles. The molecule has 0 saturated heterocycles.